The van der Waals surface area contributed by atoms with Crippen molar-refractivity contribution < 1.29 is 14.3 Å². The van der Waals surface area contributed by atoms with Gasteiger partial charge in [-0.15, -0.1) is 11.3 Å². The Morgan fingerprint density at radius 3 is 2.42 bits per heavy atom. The molecule has 3 rings (SSSR count). The molecule has 31 heavy (non-hydrogen) atoms. The van der Waals surface area contributed by atoms with Crippen molar-refractivity contribution in [1.82, 2.24) is 20.4 Å². The maximum atomic E-state index is 12.5. The van der Waals surface area contributed by atoms with Gasteiger partial charge in [0.15, 0.2) is 0 Å². The van der Waals surface area contributed by atoms with Gasteiger partial charge < -0.3 is 20.3 Å². The number of thiophene rings is 1. The number of hydrogen-bond donors (Lipinski definition) is 2. The zero-order valence-electron chi connectivity index (χ0n) is 18.5. The molecule has 0 radical (unpaired) electrons. The Morgan fingerprint density at radius 2 is 1.81 bits per heavy atom. The fraction of sp³-hybridized carbons (Fsp3) is 0.478. The van der Waals surface area contributed by atoms with Crippen molar-refractivity contribution in [3.8, 4) is 5.75 Å². The van der Waals surface area contributed by atoms with Gasteiger partial charge in [0, 0.05) is 43.6 Å². The van der Waals surface area contributed by atoms with Crippen LogP contribution in [0.1, 0.15) is 23.4 Å². The first-order chi connectivity index (χ1) is 15.0. The smallest absolute Gasteiger partial charge is 0.309 e. The fourth-order valence-corrected chi connectivity index (χ4v) is 4.81. The molecule has 168 valence electrons. The number of carbonyl (C=O) groups excluding carboxylic acids is 2. The lowest BCUT2D eigenvalue weighted by atomic mass is 10.0. The van der Waals surface area contributed by atoms with E-state index in [0.717, 1.165) is 37.5 Å². The average Bonchev–Trinajstić information content (AvgIpc) is 3.30. The molecule has 1 aromatic carbocycles. The molecule has 0 bridgehead atoms. The van der Waals surface area contributed by atoms with Crippen LogP contribution in [0.2, 0.25) is 0 Å². The van der Waals surface area contributed by atoms with Crippen molar-refractivity contribution in [3.05, 3.63) is 52.2 Å². The van der Waals surface area contributed by atoms with E-state index in [0.29, 0.717) is 13.0 Å². The van der Waals surface area contributed by atoms with Crippen LogP contribution in [0.15, 0.2) is 41.8 Å². The lowest BCUT2D eigenvalue weighted by Gasteiger charge is -2.40. The number of hydrogen-bond acceptors (Lipinski definition) is 6. The SMILES string of the molecule is COc1ccc(CCNC(=O)C(=O)N[C@@H](C)[C@H](c2cccs2)N2CCN(C)CC2)cc1. The Bertz CT molecular complexity index is 833. The largest absolute Gasteiger partial charge is 0.497 e. The molecule has 0 spiro atoms. The van der Waals surface area contributed by atoms with E-state index in [1.807, 2.05) is 37.3 Å². The van der Waals surface area contributed by atoms with E-state index in [1.54, 1.807) is 18.4 Å². The number of rotatable bonds is 8. The van der Waals surface area contributed by atoms with Crippen LogP contribution in [-0.2, 0) is 16.0 Å². The molecular formula is C23H32N4O3S. The van der Waals surface area contributed by atoms with Gasteiger partial charge in [-0.25, -0.2) is 0 Å². The monoisotopic (exact) mass is 444 g/mol. The molecule has 1 aliphatic rings. The highest BCUT2D eigenvalue weighted by Crippen LogP contribution is 2.29. The van der Waals surface area contributed by atoms with E-state index < -0.39 is 11.8 Å². The molecule has 1 fully saturated rings. The van der Waals surface area contributed by atoms with E-state index in [1.165, 1.54) is 4.88 Å². The second kappa shape index (κ2) is 11.3. The third-order valence-corrected chi connectivity index (χ3v) is 6.61. The molecule has 1 saturated heterocycles. The first-order valence-corrected chi connectivity index (χ1v) is 11.5. The maximum Gasteiger partial charge on any atom is 0.309 e. The van der Waals surface area contributed by atoms with Gasteiger partial charge in [0.25, 0.3) is 0 Å². The molecule has 2 atom stereocenters. The van der Waals surface area contributed by atoms with Crippen LogP contribution >= 0.6 is 11.3 Å². The van der Waals surface area contributed by atoms with Crippen molar-refractivity contribution in [1.29, 1.82) is 0 Å². The molecular weight excluding hydrogens is 412 g/mol. The Hall–Kier alpha value is -2.42. The van der Waals surface area contributed by atoms with Gasteiger partial charge in [-0.05, 0) is 49.5 Å². The number of likely N-dealkylation sites (N-methyl/N-ethyl adjacent to an activating group) is 1. The van der Waals surface area contributed by atoms with Crippen molar-refractivity contribution in [2.24, 2.45) is 0 Å². The molecule has 7 nitrogen and oxygen atoms in total. The molecule has 1 aliphatic heterocycles. The Labute approximate surface area is 188 Å². The van der Waals surface area contributed by atoms with Crippen LogP contribution in [0.3, 0.4) is 0 Å². The highest BCUT2D eigenvalue weighted by atomic mass is 32.1. The minimum atomic E-state index is -0.594. The van der Waals surface area contributed by atoms with Crippen LogP contribution in [0.5, 0.6) is 5.75 Å². The average molecular weight is 445 g/mol. The van der Waals surface area contributed by atoms with Crippen LogP contribution < -0.4 is 15.4 Å². The van der Waals surface area contributed by atoms with Crippen molar-refractivity contribution >= 4 is 23.2 Å². The summed E-state index contributed by atoms with van der Waals surface area (Å²) in [6.45, 7) is 6.24. The summed E-state index contributed by atoms with van der Waals surface area (Å²) in [5.41, 5.74) is 1.07. The molecule has 1 aromatic heterocycles. The van der Waals surface area contributed by atoms with Crippen LogP contribution in [0.25, 0.3) is 0 Å². The molecule has 0 aliphatic carbocycles. The first kappa shape index (κ1) is 23.2. The molecule has 2 N–H and O–H groups in total. The van der Waals surface area contributed by atoms with Crippen LogP contribution in [-0.4, -0.2) is 74.5 Å². The number of methoxy groups -OCH3 is 1. The molecule has 0 unspecified atom stereocenters. The predicted molar refractivity (Wildman–Crippen MR) is 123 cm³/mol. The van der Waals surface area contributed by atoms with Gasteiger partial charge in [-0.3, -0.25) is 14.5 Å². The highest BCUT2D eigenvalue weighted by molar-refractivity contribution is 7.10. The standard InChI is InChI=1S/C23H32N4O3S/c1-17(21(20-5-4-16-31-20)27-14-12-26(2)13-15-27)25-23(29)22(28)24-11-10-18-6-8-19(30-3)9-7-18/h4-9,16-17,21H,10-15H2,1-3H3,(H,24,28)(H,25,29)/t17-,21+/m0/s1. The van der Waals surface area contributed by atoms with Crippen molar-refractivity contribution in [2.45, 2.75) is 25.4 Å². The maximum absolute atomic E-state index is 12.5. The van der Waals surface area contributed by atoms with Crippen LogP contribution in [0.4, 0.5) is 0 Å². The van der Waals surface area contributed by atoms with E-state index in [2.05, 4.69) is 38.9 Å². The number of benzene rings is 1. The van der Waals surface area contributed by atoms with Crippen molar-refractivity contribution in [2.75, 3.05) is 46.9 Å². The van der Waals surface area contributed by atoms with Gasteiger partial charge in [-0.1, -0.05) is 18.2 Å². The number of nitrogens with one attached hydrogen (secondary N) is 2. The number of ether oxygens (including phenoxy) is 1. The summed E-state index contributed by atoms with van der Waals surface area (Å²) in [6, 6.07) is 11.7. The third-order valence-electron chi connectivity index (χ3n) is 5.66. The van der Waals surface area contributed by atoms with Gasteiger partial charge in [0.1, 0.15) is 5.75 Å². The molecule has 2 amide bonds. The summed E-state index contributed by atoms with van der Waals surface area (Å²) in [5, 5.41) is 7.70. The lowest BCUT2D eigenvalue weighted by molar-refractivity contribution is -0.139. The first-order valence-electron chi connectivity index (χ1n) is 10.7. The summed E-state index contributed by atoms with van der Waals surface area (Å²) < 4.78 is 5.15. The number of nitrogens with zero attached hydrogens (tertiary/aromatic N) is 2. The summed E-state index contributed by atoms with van der Waals surface area (Å²) in [7, 11) is 3.75. The lowest BCUT2D eigenvalue weighted by Crippen LogP contribution is -2.53. The second-order valence-electron chi connectivity index (χ2n) is 7.92. The van der Waals surface area contributed by atoms with E-state index in [9.17, 15) is 9.59 Å². The van der Waals surface area contributed by atoms with E-state index in [4.69, 9.17) is 4.74 Å². The van der Waals surface area contributed by atoms with E-state index >= 15 is 0 Å². The molecule has 0 saturated carbocycles. The van der Waals surface area contributed by atoms with Crippen LogP contribution in [0, 0.1) is 0 Å². The molecule has 2 aromatic rings. The molecule has 8 heteroatoms. The minimum Gasteiger partial charge on any atom is -0.497 e. The third kappa shape index (κ3) is 6.53. The molecule has 2 heterocycles. The number of carbonyl (C=O) groups is 2. The Balaban J connectivity index is 1.52. The van der Waals surface area contributed by atoms with E-state index in [-0.39, 0.29) is 12.1 Å². The fourth-order valence-electron chi connectivity index (χ4n) is 3.85. The normalized spacial score (nSPS) is 17.0. The second-order valence-corrected chi connectivity index (χ2v) is 8.89. The highest BCUT2D eigenvalue weighted by Gasteiger charge is 2.31. The zero-order chi connectivity index (χ0) is 22.2. The Morgan fingerprint density at radius 1 is 1.10 bits per heavy atom. The summed E-state index contributed by atoms with van der Waals surface area (Å²) >= 11 is 1.69. The summed E-state index contributed by atoms with van der Waals surface area (Å²) in [5.74, 6) is -0.386. The number of piperazine rings is 1. The summed E-state index contributed by atoms with van der Waals surface area (Å²) in [4.78, 5) is 30.8. The topological polar surface area (TPSA) is 73.9 Å². The zero-order valence-corrected chi connectivity index (χ0v) is 19.3. The predicted octanol–water partition coefficient (Wildman–Crippen LogP) is 1.91. The van der Waals surface area contributed by atoms with Gasteiger partial charge in [-0.2, -0.15) is 0 Å². The van der Waals surface area contributed by atoms with Gasteiger partial charge >= 0.3 is 11.8 Å². The van der Waals surface area contributed by atoms with Crippen molar-refractivity contribution in [3.63, 3.8) is 0 Å². The van der Waals surface area contributed by atoms with Gasteiger partial charge in [0.05, 0.1) is 13.2 Å². The Kier molecular flexibility index (Phi) is 8.45. The quantitative estimate of drug-likeness (QED) is 0.609. The van der Waals surface area contributed by atoms with Gasteiger partial charge in [0.2, 0.25) is 0 Å². The number of amides is 2. The summed E-state index contributed by atoms with van der Waals surface area (Å²) in [6.07, 6.45) is 0.650. The minimum absolute atomic E-state index is 0.0600.